The van der Waals surface area contributed by atoms with Crippen LogP contribution in [0, 0.1) is 0 Å². The number of carbonyl (C=O) groups is 1. The van der Waals surface area contributed by atoms with E-state index < -0.39 is 8.07 Å². The number of methoxy groups -OCH3 is 1. The Bertz CT molecular complexity index is 427. The number of rotatable bonds is 5. The van der Waals surface area contributed by atoms with Gasteiger partial charge >= 0.3 is 5.97 Å². The molecule has 0 amide bonds. The smallest absolute Gasteiger partial charge is 0.329 e. The third-order valence-electron chi connectivity index (χ3n) is 3.88. The van der Waals surface area contributed by atoms with Crippen LogP contribution in [-0.4, -0.2) is 21.2 Å². The topological polar surface area (TPSA) is 26.3 Å². The van der Waals surface area contributed by atoms with E-state index >= 15 is 0 Å². The fourth-order valence-electron chi connectivity index (χ4n) is 2.82. The molecule has 19 heavy (non-hydrogen) atoms. The minimum Gasteiger partial charge on any atom is -0.466 e. The van der Waals surface area contributed by atoms with Gasteiger partial charge < -0.3 is 4.74 Å². The molecule has 3 heteroatoms. The summed E-state index contributed by atoms with van der Waals surface area (Å²) in [5.74, 6) is -0.269. The first-order chi connectivity index (χ1) is 8.95. The third kappa shape index (κ3) is 3.35. The minimum absolute atomic E-state index is 0.269. The van der Waals surface area contributed by atoms with Gasteiger partial charge in [0, 0.05) is 6.08 Å². The molecule has 1 aromatic rings. The van der Waals surface area contributed by atoms with Crippen molar-refractivity contribution in [2.75, 3.05) is 7.11 Å². The molecular weight excluding hydrogens is 252 g/mol. The molecule has 1 aromatic carbocycles. The molecule has 0 saturated heterocycles. The van der Waals surface area contributed by atoms with Crippen molar-refractivity contribution < 1.29 is 9.53 Å². The molecule has 1 rings (SSSR count). The minimum atomic E-state index is -1.89. The zero-order chi connectivity index (χ0) is 14.5. The van der Waals surface area contributed by atoms with E-state index in [0.717, 1.165) is 0 Å². The molecule has 0 aliphatic carbocycles. The fourth-order valence-corrected chi connectivity index (χ4v) is 7.63. The first-order valence-electron chi connectivity index (χ1n) is 6.77. The molecular formula is C16H24O2Si. The van der Waals surface area contributed by atoms with Crippen molar-refractivity contribution in [3.05, 3.63) is 42.1 Å². The molecule has 0 radical (unpaired) electrons. The van der Waals surface area contributed by atoms with E-state index in [9.17, 15) is 4.79 Å². The highest BCUT2D eigenvalue weighted by molar-refractivity contribution is 6.98. The predicted octanol–water partition coefficient (Wildman–Crippen LogP) is 3.43. The fraction of sp³-hybridized carbons (Fsp3) is 0.438. The van der Waals surface area contributed by atoms with Gasteiger partial charge in [-0.05, 0) is 11.1 Å². The van der Waals surface area contributed by atoms with Crippen molar-refractivity contribution in [2.24, 2.45) is 0 Å². The summed E-state index contributed by atoms with van der Waals surface area (Å²) in [6.07, 6.45) is 1.61. The Kier molecular flexibility index (Phi) is 5.55. The lowest BCUT2D eigenvalue weighted by molar-refractivity contribution is -0.134. The summed E-state index contributed by atoms with van der Waals surface area (Å²) in [6.45, 7) is 9.00. The third-order valence-corrected chi connectivity index (χ3v) is 9.75. The van der Waals surface area contributed by atoms with Crippen LogP contribution in [0.2, 0.25) is 11.1 Å². The number of benzene rings is 1. The van der Waals surface area contributed by atoms with Crippen molar-refractivity contribution in [3.8, 4) is 0 Å². The van der Waals surface area contributed by atoms with Crippen LogP contribution in [-0.2, 0) is 9.53 Å². The van der Waals surface area contributed by atoms with Crippen molar-refractivity contribution >= 4 is 19.2 Å². The lowest BCUT2D eigenvalue weighted by Crippen LogP contribution is -2.51. The van der Waals surface area contributed by atoms with Crippen LogP contribution in [0.4, 0.5) is 0 Å². The highest BCUT2D eigenvalue weighted by Crippen LogP contribution is 2.33. The van der Waals surface area contributed by atoms with E-state index in [1.807, 2.05) is 6.07 Å². The molecule has 0 spiro atoms. The van der Waals surface area contributed by atoms with Gasteiger partial charge in [0.25, 0.3) is 0 Å². The van der Waals surface area contributed by atoms with Gasteiger partial charge in [-0.25, -0.2) is 4.79 Å². The molecule has 0 aliphatic rings. The molecule has 0 aliphatic heterocycles. The van der Waals surface area contributed by atoms with Crippen molar-refractivity contribution in [3.63, 3.8) is 0 Å². The van der Waals surface area contributed by atoms with E-state index in [1.165, 1.54) is 12.3 Å². The van der Waals surface area contributed by atoms with E-state index in [2.05, 4.69) is 57.7 Å². The quantitative estimate of drug-likeness (QED) is 0.468. The number of hydrogen-bond acceptors (Lipinski definition) is 2. The Morgan fingerprint density at radius 2 is 1.63 bits per heavy atom. The van der Waals surface area contributed by atoms with Crippen molar-refractivity contribution in [2.45, 2.75) is 38.8 Å². The second-order valence-corrected chi connectivity index (χ2v) is 10.6. The highest BCUT2D eigenvalue weighted by Gasteiger charge is 2.39. The lowest BCUT2D eigenvalue weighted by Gasteiger charge is -2.37. The summed E-state index contributed by atoms with van der Waals surface area (Å²) in [7, 11) is -0.467. The van der Waals surface area contributed by atoms with Crippen LogP contribution >= 0.6 is 0 Å². The summed E-state index contributed by atoms with van der Waals surface area (Å²) < 4.78 is 4.74. The van der Waals surface area contributed by atoms with Crippen molar-refractivity contribution in [1.29, 1.82) is 0 Å². The molecule has 0 unspecified atom stereocenters. The SMILES string of the molecule is COC(=O)/C=C/[Si](c1ccccc1)(C(C)C)C(C)C. The Hall–Kier alpha value is -1.35. The zero-order valence-electron chi connectivity index (χ0n) is 12.5. The number of esters is 1. The van der Waals surface area contributed by atoms with Crippen LogP contribution in [0.5, 0.6) is 0 Å². The molecule has 0 atom stereocenters. The van der Waals surface area contributed by atoms with Gasteiger partial charge in [0.15, 0.2) is 0 Å². The molecule has 0 saturated carbocycles. The molecule has 0 fully saturated rings. The Balaban J connectivity index is 3.31. The predicted molar refractivity (Wildman–Crippen MR) is 83.2 cm³/mol. The van der Waals surface area contributed by atoms with Gasteiger partial charge in [-0.2, -0.15) is 0 Å². The van der Waals surface area contributed by atoms with Crippen LogP contribution in [0.1, 0.15) is 27.7 Å². The number of ether oxygens (including phenoxy) is 1. The standard InChI is InChI=1S/C16H24O2Si/c1-13(2)19(14(3)4,12-11-16(17)18-5)15-9-7-6-8-10-15/h6-14H,1-5H3/b12-11+. The average molecular weight is 276 g/mol. The van der Waals surface area contributed by atoms with Crippen LogP contribution in [0.3, 0.4) is 0 Å². The van der Waals surface area contributed by atoms with E-state index in [-0.39, 0.29) is 5.97 Å². The van der Waals surface area contributed by atoms with Crippen molar-refractivity contribution in [1.82, 2.24) is 0 Å². The van der Waals surface area contributed by atoms with E-state index in [0.29, 0.717) is 11.1 Å². The zero-order valence-corrected chi connectivity index (χ0v) is 13.5. The molecule has 2 nitrogen and oxygen atoms in total. The summed E-state index contributed by atoms with van der Waals surface area (Å²) in [5.41, 5.74) is 3.19. The van der Waals surface area contributed by atoms with E-state index in [4.69, 9.17) is 4.74 Å². The van der Waals surface area contributed by atoms with Gasteiger partial charge in [-0.15, -0.1) is 0 Å². The normalized spacial score (nSPS) is 12.4. The maximum Gasteiger partial charge on any atom is 0.329 e. The van der Waals surface area contributed by atoms with Gasteiger partial charge in [-0.3, -0.25) is 0 Å². The molecule has 0 heterocycles. The summed E-state index contributed by atoms with van der Waals surface area (Å²) in [4.78, 5) is 11.4. The van der Waals surface area contributed by atoms with Gasteiger partial charge in [0.1, 0.15) is 8.07 Å². The first kappa shape index (κ1) is 15.7. The Labute approximate surface area is 117 Å². The second-order valence-electron chi connectivity index (χ2n) is 5.46. The average Bonchev–Trinajstić information content (AvgIpc) is 2.39. The van der Waals surface area contributed by atoms with Crippen LogP contribution in [0.25, 0.3) is 0 Å². The van der Waals surface area contributed by atoms with Gasteiger partial charge in [0.2, 0.25) is 0 Å². The number of hydrogen-bond donors (Lipinski definition) is 0. The Morgan fingerprint density at radius 3 is 2.05 bits per heavy atom. The first-order valence-corrected chi connectivity index (χ1v) is 9.01. The largest absolute Gasteiger partial charge is 0.466 e. The molecule has 0 N–H and O–H groups in total. The van der Waals surface area contributed by atoms with Gasteiger partial charge in [-0.1, -0.05) is 68.9 Å². The van der Waals surface area contributed by atoms with Crippen LogP contribution in [0.15, 0.2) is 42.1 Å². The molecule has 0 bridgehead atoms. The monoisotopic (exact) mass is 276 g/mol. The molecule has 0 aromatic heterocycles. The lowest BCUT2D eigenvalue weighted by atomic mass is 10.4. The van der Waals surface area contributed by atoms with E-state index in [1.54, 1.807) is 6.08 Å². The maximum absolute atomic E-state index is 11.4. The highest BCUT2D eigenvalue weighted by atomic mass is 28.3. The number of carbonyl (C=O) groups excluding carboxylic acids is 1. The Morgan fingerprint density at radius 1 is 1.11 bits per heavy atom. The summed E-state index contributed by atoms with van der Waals surface area (Å²) >= 11 is 0. The maximum atomic E-state index is 11.4. The molecule has 104 valence electrons. The van der Waals surface area contributed by atoms with Gasteiger partial charge in [0.05, 0.1) is 7.11 Å². The second kappa shape index (κ2) is 6.71. The summed E-state index contributed by atoms with van der Waals surface area (Å²) in [5, 5.41) is 1.38. The summed E-state index contributed by atoms with van der Waals surface area (Å²) in [6, 6.07) is 10.6. The van der Waals surface area contributed by atoms with Crippen LogP contribution < -0.4 is 5.19 Å².